The molecular weight excluding hydrogens is 228 g/mol. The first kappa shape index (κ1) is 13.1. The second kappa shape index (κ2) is 5.98. The molecule has 1 aliphatic rings. The maximum Gasteiger partial charge on any atom is 0.251 e. The quantitative estimate of drug-likeness (QED) is 0.739. The Morgan fingerprint density at radius 3 is 3.11 bits per heavy atom. The van der Waals surface area contributed by atoms with Crippen molar-refractivity contribution in [1.82, 2.24) is 10.6 Å². The van der Waals surface area contributed by atoms with Crippen molar-refractivity contribution in [1.29, 1.82) is 0 Å². The maximum absolute atomic E-state index is 12.2. The summed E-state index contributed by atoms with van der Waals surface area (Å²) < 4.78 is 0. The highest BCUT2D eigenvalue weighted by Crippen LogP contribution is 2.18. The third-order valence-corrected chi connectivity index (χ3v) is 3.43. The Kier molecular flexibility index (Phi) is 4.33. The predicted octanol–water partition coefficient (Wildman–Crippen LogP) is 0.833. The lowest BCUT2D eigenvalue weighted by Crippen LogP contribution is -2.38. The Labute approximate surface area is 107 Å². The van der Waals surface area contributed by atoms with Crippen molar-refractivity contribution in [3.8, 4) is 0 Å². The molecule has 0 saturated carbocycles. The molecule has 1 heterocycles. The summed E-state index contributed by atoms with van der Waals surface area (Å²) in [4.78, 5) is 12.2. The summed E-state index contributed by atoms with van der Waals surface area (Å²) in [5, 5.41) is 15.3. The molecule has 0 fully saturated rings. The van der Waals surface area contributed by atoms with Crippen molar-refractivity contribution in [2.24, 2.45) is 0 Å². The molecule has 4 heteroatoms. The number of carbonyl (C=O) groups excluding carboxylic acids is 1. The zero-order chi connectivity index (χ0) is 13.0. The summed E-state index contributed by atoms with van der Waals surface area (Å²) in [5.74, 6) is -0.0744. The van der Waals surface area contributed by atoms with Gasteiger partial charge < -0.3 is 15.7 Å². The highest BCUT2D eigenvalue weighted by atomic mass is 16.3. The molecule has 0 aliphatic carbocycles. The zero-order valence-corrected chi connectivity index (χ0v) is 10.7. The van der Waals surface area contributed by atoms with Gasteiger partial charge in [-0.05, 0) is 36.6 Å². The maximum atomic E-state index is 12.2. The van der Waals surface area contributed by atoms with Crippen LogP contribution in [0, 0.1) is 0 Å². The number of benzene rings is 1. The number of carbonyl (C=O) groups is 1. The normalized spacial score (nSPS) is 15.9. The predicted molar refractivity (Wildman–Crippen MR) is 70.5 cm³/mol. The zero-order valence-electron chi connectivity index (χ0n) is 10.7. The van der Waals surface area contributed by atoms with Crippen molar-refractivity contribution in [3.05, 3.63) is 34.9 Å². The van der Waals surface area contributed by atoms with E-state index in [9.17, 15) is 4.79 Å². The van der Waals surface area contributed by atoms with Crippen molar-refractivity contribution in [3.63, 3.8) is 0 Å². The van der Waals surface area contributed by atoms with Gasteiger partial charge >= 0.3 is 0 Å². The van der Waals surface area contributed by atoms with E-state index in [-0.39, 0.29) is 18.6 Å². The molecule has 0 radical (unpaired) electrons. The molecule has 2 rings (SSSR count). The molecule has 18 heavy (non-hydrogen) atoms. The van der Waals surface area contributed by atoms with Crippen LogP contribution in [-0.4, -0.2) is 30.2 Å². The summed E-state index contributed by atoms with van der Waals surface area (Å²) in [6.45, 7) is 3.67. The fraction of sp³-hybridized carbons (Fsp3) is 0.500. The highest BCUT2D eigenvalue weighted by Gasteiger charge is 2.18. The van der Waals surface area contributed by atoms with Crippen LogP contribution < -0.4 is 10.6 Å². The Morgan fingerprint density at radius 1 is 1.56 bits per heavy atom. The Morgan fingerprint density at radius 2 is 2.39 bits per heavy atom. The highest BCUT2D eigenvalue weighted by molar-refractivity contribution is 5.96. The van der Waals surface area contributed by atoms with Gasteiger partial charge in [0.15, 0.2) is 0 Å². The third kappa shape index (κ3) is 2.71. The second-order valence-electron chi connectivity index (χ2n) is 4.63. The van der Waals surface area contributed by atoms with E-state index in [1.54, 1.807) is 0 Å². The molecule has 1 amide bonds. The lowest BCUT2D eigenvalue weighted by Gasteiger charge is -2.21. The summed E-state index contributed by atoms with van der Waals surface area (Å²) in [5.41, 5.74) is 3.09. The second-order valence-corrected chi connectivity index (χ2v) is 4.63. The first-order valence-electron chi connectivity index (χ1n) is 6.49. The van der Waals surface area contributed by atoms with Crippen LogP contribution in [0.1, 0.15) is 34.8 Å². The Balaban J connectivity index is 2.20. The molecule has 4 nitrogen and oxygen atoms in total. The molecule has 0 saturated heterocycles. The molecule has 1 atom stereocenters. The van der Waals surface area contributed by atoms with Crippen molar-refractivity contribution >= 4 is 5.91 Å². The van der Waals surface area contributed by atoms with Gasteiger partial charge in [0.25, 0.3) is 5.91 Å². The number of hydrogen-bond donors (Lipinski definition) is 3. The smallest absolute Gasteiger partial charge is 0.251 e. The van der Waals surface area contributed by atoms with Gasteiger partial charge in [0.1, 0.15) is 0 Å². The van der Waals surface area contributed by atoms with E-state index >= 15 is 0 Å². The van der Waals surface area contributed by atoms with E-state index in [0.717, 1.165) is 37.1 Å². The minimum Gasteiger partial charge on any atom is -0.394 e. The topological polar surface area (TPSA) is 61.4 Å². The first-order chi connectivity index (χ1) is 8.76. The standard InChI is InChI=1S/C14H20N2O2/c1-2-11(9-17)16-14(18)13-5-3-4-10-8-15-7-6-12(10)13/h3-5,11,15,17H,2,6-9H2,1H3,(H,16,18). The minimum absolute atomic E-state index is 0.0151. The van der Waals surface area contributed by atoms with Gasteiger partial charge in [-0.25, -0.2) is 0 Å². The molecule has 1 aromatic rings. The van der Waals surface area contributed by atoms with Gasteiger partial charge in [0.05, 0.1) is 12.6 Å². The van der Waals surface area contributed by atoms with Crippen LogP contribution in [0.2, 0.25) is 0 Å². The molecule has 1 unspecified atom stereocenters. The monoisotopic (exact) mass is 248 g/mol. The number of amides is 1. The van der Waals surface area contributed by atoms with Crippen LogP contribution >= 0.6 is 0 Å². The van der Waals surface area contributed by atoms with Crippen LogP contribution in [0.4, 0.5) is 0 Å². The molecule has 0 aromatic heterocycles. The summed E-state index contributed by atoms with van der Waals surface area (Å²) in [7, 11) is 0. The van der Waals surface area contributed by atoms with E-state index in [4.69, 9.17) is 5.11 Å². The Bertz CT molecular complexity index is 428. The van der Waals surface area contributed by atoms with Crippen molar-refractivity contribution in [2.75, 3.05) is 13.2 Å². The fourth-order valence-electron chi connectivity index (χ4n) is 2.28. The van der Waals surface area contributed by atoms with E-state index in [0.29, 0.717) is 0 Å². The van der Waals surface area contributed by atoms with Gasteiger partial charge in [0, 0.05) is 12.1 Å². The molecule has 98 valence electrons. The number of fused-ring (bicyclic) bond motifs is 1. The molecule has 1 aliphatic heterocycles. The minimum atomic E-state index is -0.157. The fourth-order valence-corrected chi connectivity index (χ4v) is 2.28. The summed E-state index contributed by atoms with van der Waals surface area (Å²) >= 11 is 0. The molecular formula is C14H20N2O2. The largest absolute Gasteiger partial charge is 0.394 e. The van der Waals surface area contributed by atoms with E-state index in [1.807, 2.05) is 19.1 Å². The lowest BCUT2D eigenvalue weighted by molar-refractivity contribution is 0.0913. The summed E-state index contributed by atoms with van der Waals surface area (Å²) in [6, 6.07) is 5.68. The van der Waals surface area contributed by atoms with Crippen LogP contribution in [-0.2, 0) is 13.0 Å². The van der Waals surface area contributed by atoms with Crippen molar-refractivity contribution < 1.29 is 9.90 Å². The number of aliphatic hydroxyl groups excluding tert-OH is 1. The SMILES string of the molecule is CCC(CO)NC(=O)c1cccc2c1CCNC2. The Hall–Kier alpha value is -1.39. The number of hydrogen-bond acceptors (Lipinski definition) is 3. The third-order valence-electron chi connectivity index (χ3n) is 3.43. The molecule has 3 N–H and O–H groups in total. The van der Waals surface area contributed by atoms with Gasteiger partial charge in [-0.1, -0.05) is 19.1 Å². The first-order valence-corrected chi connectivity index (χ1v) is 6.49. The van der Waals surface area contributed by atoms with Gasteiger partial charge in [-0.15, -0.1) is 0 Å². The number of nitrogens with one attached hydrogen (secondary N) is 2. The van der Waals surface area contributed by atoms with E-state index < -0.39 is 0 Å². The average Bonchev–Trinajstić information content (AvgIpc) is 2.43. The molecule has 0 bridgehead atoms. The van der Waals surface area contributed by atoms with Crippen LogP contribution in [0.5, 0.6) is 0 Å². The van der Waals surface area contributed by atoms with Crippen molar-refractivity contribution in [2.45, 2.75) is 32.4 Å². The lowest BCUT2D eigenvalue weighted by atomic mass is 9.95. The van der Waals surface area contributed by atoms with E-state index in [1.165, 1.54) is 5.56 Å². The van der Waals surface area contributed by atoms with Crippen LogP contribution in [0.25, 0.3) is 0 Å². The van der Waals surface area contributed by atoms with Crippen LogP contribution in [0.15, 0.2) is 18.2 Å². The molecule has 1 aromatic carbocycles. The average molecular weight is 248 g/mol. The molecule has 0 spiro atoms. The summed E-state index contributed by atoms with van der Waals surface area (Å²) in [6.07, 6.45) is 1.62. The number of rotatable bonds is 4. The number of aliphatic hydroxyl groups is 1. The van der Waals surface area contributed by atoms with Gasteiger partial charge in [-0.2, -0.15) is 0 Å². The van der Waals surface area contributed by atoms with Gasteiger partial charge in [-0.3, -0.25) is 4.79 Å². The van der Waals surface area contributed by atoms with Gasteiger partial charge in [0.2, 0.25) is 0 Å². The van der Waals surface area contributed by atoms with Crippen LogP contribution in [0.3, 0.4) is 0 Å². The van der Waals surface area contributed by atoms with E-state index in [2.05, 4.69) is 16.7 Å².